The van der Waals surface area contributed by atoms with E-state index in [-0.39, 0.29) is 11.8 Å². The minimum atomic E-state index is -0.130. The molecule has 5 nitrogen and oxygen atoms in total. The molecule has 5 heteroatoms. The Morgan fingerprint density at radius 2 is 1.55 bits per heavy atom. The van der Waals surface area contributed by atoms with Crippen LogP contribution in [0.25, 0.3) is 6.08 Å². The summed E-state index contributed by atoms with van der Waals surface area (Å²) in [5.41, 5.74) is 2.93. The molecule has 0 bridgehead atoms. The Kier molecular flexibility index (Phi) is 7.59. The number of nitrogens with one attached hydrogen (secondary N) is 1. The summed E-state index contributed by atoms with van der Waals surface area (Å²) in [5.74, 6) is -0.0244. The highest BCUT2D eigenvalue weighted by Crippen LogP contribution is 2.09. The van der Waals surface area contributed by atoms with Crippen LogP contribution in [0.15, 0.2) is 66.2 Å². The summed E-state index contributed by atoms with van der Waals surface area (Å²) in [4.78, 5) is 28.9. The molecule has 3 rings (SSSR count). The highest BCUT2D eigenvalue weighted by molar-refractivity contribution is 5.97. The molecule has 1 heterocycles. The van der Waals surface area contributed by atoms with Crippen molar-refractivity contribution < 1.29 is 9.59 Å². The van der Waals surface area contributed by atoms with Crippen molar-refractivity contribution in [1.82, 2.24) is 15.1 Å². The second-order valence-corrected chi connectivity index (χ2v) is 7.39. The molecule has 2 amide bonds. The number of nitrogens with zero attached hydrogens (tertiary/aromatic N) is 2. The first-order valence-corrected chi connectivity index (χ1v) is 10.2. The van der Waals surface area contributed by atoms with Crippen LogP contribution in [-0.4, -0.2) is 54.3 Å². The molecular weight excluding hydrogens is 362 g/mol. The van der Waals surface area contributed by atoms with E-state index < -0.39 is 0 Å². The van der Waals surface area contributed by atoms with Gasteiger partial charge in [0, 0.05) is 51.3 Å². The van der Waals surface area contributed by atoms with Crippen LogP contribution >= 0.6 is 0 Å². The van der Waals surface area contributed by atoms with Crippen molar-refractivity contribution in [3.8, 4) is 0 Å². The van der Waals surface area contributed by atoms with Gasteiger partial charge >= 0.3 is 0 Å². The number of piperazine rings is 1. The van der Waals surface area contributed by atoms with E-state index in [2.05, 4.69) is 34.5 Å². The standard InChI is InChI=1S/C24H29N3O2/c1-20(18-21-8-4-2-5-9-21)24(29)25-13-12-23(28)27-16-14-26(15-17-27)19-22-10-6-3-7-11-22/h2-11,18H,12-17,19H2,1H3,(H,25,29)/b20-18+. The summed E-state index contributed by atoms with van der Waals surface area (Å²) >= 11 is 0. The summed E-state index contributed by atoms with van der Waals surface area (Å²) in [6, 6.07) is 20.1. The van der Waals surface area contributed by atoms with Crippen molar-refractivity contribution in [3.63, 3.8) is 0 Å². The zero-order valence-electron chi connectivity index (χ0n) is 17.0. The molecule has 1 aliphatic heterocycles. The molecule has 0 atom stereocenters. The number of carbonyl (C=O) groups is 2. The second-order valence-electron chi connectivity index (χ2n) is 7.39. The van der Waals surface area contributed by atoms with Crippen molar-refractivity contribution >= 4 is 17.9 Å². The summed E-state index contributed by atoms with van der Waals surface area (Å²) in [6.07, 6.45) is 2.19. The van der Waals surface area contributed by atoms with E-state index in [0.29, 0.717) is 18.5 Å². The smallest absolute Gasteiger partial charge is 0.246 e. The Labute approximate surface area is 173 Å². The summed E-state index contributed by atoms with van der Waals surface area (Å²) in [7, 11) is 0. The molecule has 0 radical (unpaired) electrons. The van der Waals surface area contributed by atoms with Gasteiger partial charge in [-0.3, -0.25) is 14.5 Å². The fourth-order valence-corrected chi connectivity index (χ4v) is 3.44. The highest BCUT2D eigenvalue weighted by atomic mass is 16.2. The lowest BCUT2D eigenvalue weighted by atomic mass is 10.1. The van der Waals surface area contributed by atoms with Crippen LogP contribution in [0.5, 0.6) is 0 Å². The summed E-state index contributed by atoms with van der Waals surface area (Å²) in [6.45, 7) is 6.32. The van der Waals surface area contributed by atoms with E-state index in [1.54, 1.807) is 6.92 Å². The van der Waals surface area contributed by atoms with E-state index >= 15 is 0 Å². The van der Waals surface area contributed by atoms with Gasteiger partial charge in [-0.2, -0.15) is 0 Å². The van der Waals surface area contributed by atoms with E-state index in [1.807, 2.05) is 47.4 Å². The third-order valence-electron chi connectivity index (χ3n) is 5.14. The van der Waals surface area contributed by atoms with Gasteiger partial charge in [-0.25, -0.2) is 0 Å². The van der Waals surface area contributed by atoms with E-state index in [0.717, 1.165) is 38.3 Å². The molecule has 0 aromatic heterocycles. The van der Waals surface area contributed by atoms with Crippen LogP contribution in [0, 0.1) is 0 Å². The van der Waals surface area contributed by atoms with E-state index in [4.69, 9.17) is 0 Å². The first-order valence-electron chi connectivity index (χ1n) is 10.2. The van der Waals surface area contributed by atoms with Crippen LogP contribution < -0.4 is 5.32 Å². The lowest BCUT2D eigenvalue weighted by molar-refractivity contribution is -0.133. The van der Waals surface area contributed by atoms with Crippen LogP contribution in [-0.2, 0) is 16.1 Å². The van der Waals surface area contributed by atoms with Gasteiger partial charge in [0.2, 0.25) is 11.8 Å². The lowest BCUT2D eigenvalue weighted by Crippen LogP contribution is -2.48. The monoisotopic (exact) mass is 391 g/mol. The van der Waals surface area contributed by atoms with Gasteiger partial charge in [-0.1, -0.05) is 60.7 Å². The maximum atomic E-state index is 12.4. The maximum absolute atomic E-state index is 12.4. The molecule has 29 heavy (non-hydrogen) atoms. The summed E-state index contributed by atoms with van der Waals surface area (Å²) in [5, 5.41) is 2.85. The highest BCUT2D eigenvalue weighted by Gasteiger charge is 2.20. The number of rotatable bonds is 7. The molecule has 2 aromatic rings. The molecule has 1 N–H and O–H groups in total. The summed E-state index contributed by atoms with van der Waals surface area (Å²) < 4.78 is 0. The van der Waals surface area contributed by atoms with Gasteiger partial charge in [-0.15, -0.1) is 0 Å². The fraction of sp³-hybridized carbons (Fsp3) is 0.333. The molecule has 0 spiro atoms. The Bertz CT molecular complexity index is 826. The Morgan fingerprint density at radius 3 is 2.21 bits per heavy atom. The molecule has 0 unspecified atom stereocenters. The fourth-order valence-electron chi connectivity index (χ4n) is 3.44. The molecule has 1 aliphatic rings. The topological polar surface area (TPSA) is 52.7 Å². The van der Waals surface area contributed by atoms with Crippen molar-refractivity contribution in [3.05, 3.63) is 77.4 Å². The third-order valence-corrected chi connectivity index (χ3v) is 5.14. The molecule has 0 saturated carbocycles. The molecule has 0 aliphatic carbocycles. The predicted octanol–water partition coefficient (Wildman–Crippen LogP) is 2.94. The van der Waals surface area contributed by atoms with Gasteiger partial charge in [0.05, 0.1) is 0 Å². The molecule has 2 aromatic carbocycles. The molecule has 1 saturated heterocycles. The number of hydrogen-bond donors (Lipinski definition) is 1. The van der Waals surface area contributed by atoms with Crippen LogP contribution in [0.2, 0.25) is 0 Å². The van der Waals surface area contributed by atoms with Crippen LogP contribution in [0.4, 0.5) is 0 Å². The van der Waals surface area contributed by atoms with Gasteiger partial charge in [0.25, 0.3) is 0 Å². The number of benzene rings is 2. The normalized spacial score (nSPS) is 15.2. The maximum Gasteiger partial charge on any atom is 0.246 e. The molecule has 152 valence electrons. The van der Waals surface area contributed by atoms with Crippen molar-refractivity contribution in [1.29, 1.82) is 0 Å². The lowest BCUT2D eigenvalue weighted by Gasteiger charge is -2.34. The van der Waals surface area contributed by atoms with E-state index in [1.165, 1.54) is 5.56 Å². The Balaban J connectivity index is 1.37. The quantitative estimate of drug-likeness (QED) is 0.739. The van der Waals surface area contributed by atoms with Gasteiger partial charge in [-0.05, 0) is 24.1 Å². The largest absolute Gasteiger partial charge is 0.352 e. The van der Waals surface area contributed by atoms with Crippen molar-refractivity contribution in [2.45, 2.75) is 19.9 Å². The zero-order valence-corrected chi connectivity index (χ0v) is 17.0. The van der Waals surface area contributed by atoms with Crippen LogP contribution in [0.1, 0.15) is 24.5 Å². The van der Waals surface area contributed by atoms with Crippen molar-refractivity contribution in [2.75, 3.05) is 32.7 Å². The van der Waals surface area contributed by atoms with Gasteiger partial charge < -0.3 is 10.2 Å². The second kappa shape index (κ2) is 10.6. The first kappa shape index (κ1) is 20.8. The Hall–Kier alpha value is -2.92. The molecule has 1 fully saturated rings. The van der Waals surface area contributed by atoms with Crippen molar-refractivity contribution in [2.24, 2.45) is 0 Å². The molecular formula is C24H29N3O2. The number of amides is 2. The van der Waals surface area contributed by atoms with Gasteiger partial charge in [0.1, 0.15) is 0 Å². The third kappa shape index (κ3) is 6.57. The number of carbonyl (C=O) groups excluding carboxylic acids is 2. The van der Waals surface area contributed by atoms with Crippen LogP contribution in [0.3, 0.4) is 0 Å². The van der Waals surface area contributed by atoms with Gasteiger partial charge in [0.15, 0.2) is 0 Å². The predicted molar refractivity (Wildman–Crippen MR) is 116 cm³/mol. The average Bonchev–Trinajstić information content (AvgIpc) is 2.75. The Morgan fingerprint density at radius 1 is 0.931 bits per heavy atom. The van der Waals surface area contributed by atoms with E-state index in [9.17, 15) is 9.59 Å². The first-order chi connectivity index (χ1) is 14.1. The number of hydrogen-bond acceptors (Lipinski definition) is 3. The minimum Gasteiger partial charge on any atom is -0.352 e. The average molecular weight is 392 g/mol. The minimum absolute atomic E-state index is 0.106. The zero-order chi connectivity index (χ0) is 20.5. The SMILES string of the molecule is C/C(=C\c1ccccc1)C(=O)NCCC(=O)N1CCN(Cc2ccccc2)CC1.